The molecule has 0 bridgehead atoms. The number of hydrogen-bond acceptors (Lipinski definition) is 5. The molecule has 4 aromatic carbocycles. The zero-order chi connectivity index (χ0) is 22.3. The van der Waals surface area contributed by atoms with E-state index in [4.69, 9.17) is 14.2 Å². The molecule has 0 fully saturated rings. The summed E-state index contributed by atoms with van der Waals surface area (Å²) in [6.07, 6.45) is 0. The van der Waals surface area contributed by atoms with E-state index in [1.54, 1.807) is 54.6 Å². The van der Waals surface area contributed by atoms with Crippen molar-refractivity contribution >= 4 is 11.9 Å². The van der Waals surface area contributed by atoms with Crippen LogP contribution in [-0.4, -0.2) is 17.0 Å². The van der Waals surface area contributed by atoms with Crippen LogP contribution in [0.15, 0.2) is 103 Å². The summed E-state index contributed by atoms with van der Waals surface area (Å²) in [4.78, 5) is 24.6. The molecule has 1 N–H and O–H groups in total. The molecule has 0 heterocycles. The zero-order valence-electron chi connectivity index (χ0n) is 16.8. The number of rotatable bonds is 7. The van der Waals surface area contributed by atoms with E-state index in [0.29, 0.717) is 17.2 Å². The van der Waals surface area contributed by atoms with Gasteiger partial charge in [-0.25, -0.2) is 9.59 Å². The fourth-order valence-corrected chi connectivity index (χ4v) is 2.95. The number of carbonyl (C=O) groups excluding carboxylic acids is 1. The van der Waals surface area contributed by atoms with Crippen LogP contribution in [0.1, 0.15) is 20.7 Å². The van der Waals surface area contributed by atoms with Gasteiger partial charge in [-0.15, -0.1) is 0 Å². The Kier molecular flexibility index (Phi) is 6.13. The Morgan fingerprint density at radius 1 is 0.625 bits per heavy atom. The van der Waals surface area contributed by atoms with E-state index in [1.165, 1.54) is 24.3 Å². The number of ether oxygens (including phenoxy) is 3. The SMILES string of the molecule is O=C(Oc1c(Oc2ccccc2)cccc1C(=O)O)c1cccc(Oc2ccccc2)c1. The first-order chi connectivity index (χ1) is 15.6. The molecule has 4 rings (SSSR count). The van der Waals surface area contributed by atoms with Crippen molar-refractivity contribution in [1.29, 1.82) is 0 Å². The molecule has 0 amide bonds. The molecule has 32 heavy (non-hydrogen) atoms. The van der Waals surface area contributed by atoms with Gasteiger partial charge in [0.05, 0.1) is 5.56 Å². The number of carboxylic acids is 1. The maximum atomic E-state index is 12.9. The Hall–Kier alpha value is -4.58. The summed E-state index contributed by atoms with van der Waals surface area (Å²) in [6, 6.07) is 28.8. The molecule has 0 radical (unpaired) electrons. The van der Waals surface area contributed by atoms with Gasteiger partial charge in [-0.3, -0.25) is 0 Å². The third-order valence-corrected chi connectivity index (χ3v) is 4.42. The second-order valence-corrected chi connectivity index (χ2v) is 6.69. The van der Waals surface area contributed by atoms with Gasteiger partial charge in [-0.05, 0) is 54.6 Å². The maximum Gasteiger partial charge on any atom is 0.343 e. The minimum Gasteiger partial charge on any atom is -0.478 e. The summed E-state index contributed by atoms with van der Waals surface area (Å²) in [5.41, 5.74) is 0.00718. The fraction of sp³-hybridized carbons (Fsp3) is 0. The van der Waals surface area contributed by atoms with Gasteiger partial charge in [0.15, 0.2) is 11.5 Å². The van der Waals surface area contributed by atoms with Gasteiger partial charge in [0, 0.05) is 0 Å². The molecule has 0 aliphatic heterocycles. The Labute approximate surface area is 184 Å². The number of hydrogen-bond donors (Lipinski definition) is 1. The number of esters is 1. The molecule has 0 aromatic heterocycles. The summed E-state index contributed by atoms with van der Waals surface area (Å²) in [6.45, 7) is 0. The van der Waals surface area contributed by atoms with E-state index < -0.39 is 11.9 Å². The molecule has 0 aliphatic carbocycles. The average Bonchev–Trinajstić information content (AvgIpc) is 2.81. The quantitative estimate of drug-likeness (QED) is 0.280. The predicted octanol–water partition coefficient (Wildman–Crippen LogP) is 6.19. The highest BCUT2D eigenvalue weighted by Crippen LogP contribution is 2.35. The van der Waals surface area contributed by atoms with Crippen LogP contribution in [0, 0.1) is 0 Å². The largest absolute Gasteiger partial charge is 0.478 e. The fourth-order valence-electron chi connectivity index (χ4n) is 2.95. The lowest BCUT2D eigenvalue weighted by atomic mass is 10.1. The summed E-state index contributed by atoms with van der Waals surface area (Å²) in [5, 5.41) is 9.58. The van der Waals surface area contributed by atoms with E-state index in [1.807, 2.05) is 24.3 Å². The molecule has 0 aliphatic rings. The van der Waals surface area contributed by atoms with Gasteiger partial charge in [0.25, 0.3) is 0 Å². The van der Waals surface area contributed by atoms with Gasteiger partial charge in [0.2, 0.25) is 0 Å². The summed E-state index contributed by atoms with van der Waals surface area (Å²) >= 11 is 0. The topological polar surface area (TPSA) is 82.1 Å². The minimum atomic E-state index is -1.24. The number of para-hydroxylation sites is 3. The smallest absolute Gasteiger partial charge is 0.343 e. The highest BCUT2D eigenvalue weighted by molar-refractivity contribution is 5.96. The standard InChI is InChI=1S/C26H18O6/c27-25(28)22-15-8-16-23(31-20-12-5-2-6-13-20)24(22)32-26(29)18-9-7-14-21(17-18)30-19-10-3-1-4-11-19/h1-17H,(H,27,28). The molecule has 0 spiro atoms. The molecule has 0 atom stereocenters. The van der Waals surface area contributed by atoms with E-state index in [9.17, 15) is 14.7 Å². The molecular formula is C26H18O6. The van der Waals surface area contributed by atoms with Crippen LogP contribution in [0.25, 0.3) is 0 Å². The van der Waals surface area contributed by atoms with Gasteiger partial charge in [0.1, 0.15) is 22.8 Å². The van der Waals surface area contributed by atoms with Crippen LogP contribution in [-0.2, 0) is 0 Å². The third kappa shape index (κ3) is 4.94. The first-order valence-electron chi connectivity index (χ1n) is 9.74. The van der Waals surface area contributed by atoms with Crippen LogP contribution >= 0.6 is 0 Å². The van der Waals surface area contributed by atoms with Crippen molar-refractivity contribution in [3.63, 3.8) is 0 Å². The van der Waals surface area contributed by atoms with E-state index >= 15 is 0 Å². The van der Waals surface area contributed by atoms with E-state index in [0.717, 1.165) is 0 Å². The lowest BCUT2D eigenvalue weighted by Gasteiger charge is -2.14. The Morgan fingerprint density at radius 2 is 1.22 bits per heavy atom. The lowest BCUT2D eigenvalue weighted by molar-refractivity contribution is 0.0679. The second-order valence-electron chi connectivity index (χ2n) is 6.69. The highest BCUT2D eigenvalue weighted by Gasteiger charge is 2.21. The van der Waals surface area contributed by atoms with Gasteiger partial charge >= 0.3 is 11.9 Å². The van der Waals surface area contributed by atoms with Gasteiger partial charge in [-0.1, -0.05) is 48.5 Å². The van der Waals surface area contributed by atoms with Crippen molar-refractivity contribution in [2.75, 3.05) is 0 Å². The second kappa shape index (κ2) is 9.49. The molecule has 6 nitrogen and oxygen atoms in total. The molecular weight excluding hydrogens is 408 g/mol. The normalized spacial score (nSPS) is 10.2. The summed E-state index contributed by atoms with van der Waals surface area (Å²) < 4.78 is 17.0. The summed E-state index contributed by atoms with van der Waals surface area (Å²) in [5.74, 6) is -0.511. The third-order valence-electron chi connectivity index (χ3n) is 4.42. The van der Waals surface area contributed by atoms with Crippen LogP contribution in [0.4, 0.5) is 0 Å². The molecule has 4 aromatic rings. The molecule has 0 unspecified atom stereocenters. The first-order valence-corrected chi connectivity index (χ1v) is 9.74. The minimum absolute atomic E-state index is 0.112. The Bertz CT molecular complexity index is 1240. The number of carboxylic acid groups (broad SMARTS) is 1. The molecule has 6 heteroatoms. The predicted molar refractivity (Wildman–Crippen MR) is 118 cm³/mol. The van der Waals surface area contributed by atoms with E-state index in [-0.39, 0.29) is 22.6 Å². The number of aromatic carboxylic acids is 1. The van der Waals surface area contributed by atoms with Crippen LogP contribution in [0.5, 0.6) is 28.7 Å². The summed E-state index contributed by atoms with van der Waals surface area (Å²) in [7, 11) is 0. The molecule has 158 valence electrons. The molecule has 0 saturated carbocycles. The lowest BCUT2D eigenvalue weighted by Crippen LogP contribution is -2.12. The Morgan fingerprint density at radius 3 is 1.88 bits per heavy atom. The van der Waals surface area contributed by atoms with Gasteiger partial charge < -0.3 is 19.3 Å². The maximum absolute atomic E-state index is 12.9. The van der Waals surface area contributed by atoms with Crippen molar-refractivity contribution in [3.8, 4) is 28.7 Å². The Balaban J connectivity index is 1.61. The van der Waals surface area contributed by atoms with Crippen molar-refractivity contribution in [1.82, 2.24) is 0 Å². The molecule has 0 saturated heterocycles. The highest BCUT2D eigenvalue weighted by atomic mass is 16.6. The average molecular weight is 426 g/mol. The first kappa shape index (κ1) is 20.7. The van der Waals surface area contributed by atoms with Crippen LogP contribution in [0.2, 0.25) is 0 Å². The van der Waals surface area contributed by atoms with Gasteiger partial charge in [-0.2, -0.15) is 0 Å². The van der Waals surface area contributed by atoms with Crippen molar-refractivity contribution in [2.45, 2.75) is 0 Å². The number of benzene rings is 4. The van der Waals surface area contributed by atoms with Crippen molar-refractivity contribution in [3.05, 3.63) is 114 Å². The zero-order valence-corrected chi connectivity index (χ0v) is 16.8. The monoisotopic (exact) mass is 426 g/mol. The van der Waals surface area contributed by atoms with Crippen molar-refractivity contribution < 1.29 is 28.9 Å². The number of carbonyl (C=O) groups is 2. The van der Waals surface area contributed by atoms with Crippen LogP contribution in [0.3, 0.4) is 0 Å². The van der Waals surface area contributed by atoms with Crippen molar-refractivity contribution in [2.24, 2.45) is 0 Å². The van der Waals surface area contributed by atoms with E-state index in [2.05, 4.69) is 0 Å². The van der Waals surface area contributed by atoms with Crippen LogP contribution < -0.4 is 14.2 Å².